The van der Waals surface area contributed by atoms with Gasteiger partial charge in [-0.1, -0.05) is 58.2 Å². The van der Waals surface area contributed by atoms with E-state index in [0.29, 0.717) is 12.0 Å². The van der Waals surface area contributed by atoms with Crippen molar-refractivity contribution in [1.29, 1.82) is 0 Å². The van der Waals surface area contributed by atoms with Gasteiger partial charge in [0.05, 0.1) is 6.04 Å². The van der Waals surface area contributed by atoms with Crippen molar-refractivity contribution in [3.8, 4) is 0 Å². The number of ether oxygens (including phenoxy) is 2. The number of alkyl carbamates (subject to hydrolysis) is 2. The normalized spacial score (nSPS) is 14.0. The van der Waals surface area contributed by atoms with Crippen molar-refractivity contribution >= 4 is 30.5 Å². The molecule has 0 aromatic heterocycles. The molecule has 16 heteroatoms. The van der Waals surface area contributed by atoms with Gasteiger partial charge in [0.2, 0.25) is 0 Å². The van der Waals surface area contributed by atoms with Gasteiger partial charge in [-0.2, -0.15) is 26.3 Å². The fourth-order valence-electron chi connectivity index (χ4n) is 3.09. The monoisotopic (exact) mass is 638 g/mol. The summed E-state index contributed by atoms with van der Waals surface area (Å²) in [5, 5.41) is 7.36. The summed E-state index contributed by atoms with van der Waals surface area (Å²) in [4.78, 5) is 34.6. The predicted molar refractivity (Wildman–Crippen MR) is 147 cm³/mol. The molecule has 244 valence electrons. The molecule has 1 aromatic carbocycles. The molecular formula is C26H41ClF6N4O5. The number of halogens is 7. The Kier molecular flexibility index (Phi) is 19.7. The van der Waals surface area contributed by atoms with Crippen LogP contribution in [0.2, 0.25) is 0 Å². The van der Waals surface area contributed by atoms with E-state index in [1.165, 1.54) is 0 Å². The summed E-state index contributed by atoms with van der Waals surface area (Å²) >= 11 is 0. The smallest absolute Gasteiger partial charge is 0.422 e. The molecule has 0 aliphatic heterocycles. The number of benzene rings is 1. The average Bonchev–Trinajstić information content (AvgIpc) is 2.90. The van der Waals surface area contributed by atoms with Gasteiger partial charge in [-0.15, -0.1) is 12.4 Å². The summed E-state index contributed by atoms with van der Waals surface area (Å²) < 4.78 is 79.6. The highest BCUT2D eigenvalue weighted by atomic mass is 35.5. The minimum absolute atomic E-state index is 0. The molecule has 4 atom stereocenters. The first-order valence-electron chi connectivity index (χ1n) is 13.0. The molecule has 0 saturated carbocycles. The van der Waals surface area contributed by atoms with Crippen LogP contribution >= 0.6 is 12.4 Å². The lowest BCUT2D eigenvalue weighted by Crippen LogP contribution is -2.47. The molecule has 0 spiro atoms. The minimum atomic E-state index is -4.58. The molecule has 3 amide bonds. The molecule has 5 N–H and O–H groups in total. The maximum Gasteiger partial charge on any atom is 0.422 e. The van der Waals surface area contributed by atoms with Gasteiger partial charge in [0.1, 0.15) is 0 Å². The second-order valence-corrected chi connectivity index (χ2v) is 9.47. The van der Waals surface area contributed by atoms with E-state index in [1.807, 2.05) is 34.6 Å². The summed E-state index contributed by atoms with van der Waals surface area (Å²) in [5.74, 6) is -0.293. The molecule has 0 fully saturated rings. The number of carbonyl (C=O) groups is 3. The molecule has 1 aromatic rings. The number of aryl methyl sites for hydroxylation is 1. The Morgan fingerprint density at radius 2 is 1.21 bits per heavy atom. The van der Waals surface area contributed by atoms with Crippen LogP contribution in [-0.2, 0) is 9.47 Å². The maximum atomic E-state index is 12.1. The van der Waals surface area contributed by atoms with Crippen LogP contribution < -0.4 is 21.7 Å². The average molecular weight is 639 g/mol. The molecule has 0 bridgehead atoms. The third-order valence-electron chi connectivity index (χ3n) is 6.05. The fraction of sp³-hybridized carbons (Fsp3) is 0.654. The Morgan fingerprint density at radius 1 is 0.810 bits per heavy atom. The molecule has 0 radical (unpaired) electrons. The lowest BCUT2D eigenvalue weighted by Gasteiger charge is -2.24. The number of alkyl halides is 6. The number of hydrogen-bond acceptors (Lipinski definition) is 6. The summed E-state index contributed by atoms with van der Waals surface area (Å²) in [6.45, 7) is 6.36. The summed E-state index contributed by atoms with van der Waals surface area (Å²) in [5.41, 5.74) is 6.87. The molecule has 0 unspecified atom stereocenters. The summed E-state index contributed by atoms with van der Waals surface area (Å²) in [7, 11) is 0. The van der Waals surface area contributed by atoms with Crippen molar-refractivity contribution in [1.82, 2.24) is 16.0 Å². The van der Waals surface area contributed by atoms with Crippen LogP contribution in [0.1, 0.15) is 56.5 Å². The molecule has 42 heavy (non-hydrogen) atoms. The number of hydrogen-bond donors (Lipinski definition) is 4. The van der Waals surface area contributed by atoms with Crippen LogP contribution in [0.25, 0.3) is 0 Å². The summed E-state index contributed by atoms with van der Waals surface area (Å²) in [6.07, 6.45) is -9.90. The van der Waals surface area contributed by atoms with Crippen molar-refractivity contribution in [2.45, 2.75) is 71.9 Å². The number of carbonyl (C=O) groups excluding carboxylic acids is 3. The molecular weight excluding hydrogens is 598 g/mol. The first-order chi connectivity index (χ1) is 18.9. The van der Waals surface area contributed by atoms with Crippen molar-refractivity contribution in [3.63, 3.8) is 0 Å². The van der Waals surface area contributed by atoms with Crippen molar-refractivity contribution in [2.75, 3.05) is 26.3 Å². The van der Waals surface area contributed by atoms with Crippen LogP contribution in [0.4, 0.5) is 35.9 Å². The third kappa shape index (κ3) is 19.2. The second-order valence-electron chi connectivity index (χ2n) is 9.47. The number of rotatable bonds is 12. The maximum absolute atomic E-state index is 12.1. The van der Waals surface area contributed by atoms with Gasteiger partial charge in [-0.05, 0) is 30.9 Å². The highest BCUT2D eigenvalue weighted by Gasteiger charge is 2.31. The Hall–Kier alpha value is -2.94. The van der Waals surface area contributed by atoms with Crippen molar-refractivity contribution in [2.24, 2.45) is 17.6 Å². The van der Waals surface area contributed by atoms with Gasteiger partial charge in [0.15, 0.2) is 13.2 Å². The van der Waals surface area contributed by atoms with Crippen LogP contribution in [0, 0.1) is 18.8 Å². The molecule has 0 heterocycles. The van der Waals surface area contributed by atoms with E-state index in [1.54, 1.807) is 24.3 Å². The van der Waals surface area contributed by atoms with E-state index in [0.717, 1.165) is 12.0 Å². The quantitative estimate of drug-likeness (QED) is 0.224. The first-order valence-corrected chi connectivity index (χ1v) is 13.0. The van der Waals surface area contributed by atoms with Crippen LogP contribution in [0.15, 0.2) is 24.3 Å². The van der Waals surface area contributed by atoms with Crippen molar-refractivity contribution < 1.29 is 50.2 Å². The Balaban J connectivity index is 0. The van der Waals surface area contributed by atoms with Gasteiger partial charge in [0.25, 0.3) is 5.91 Å². The molecule has 0 saturated heterocycles. The molecule has 9 nitrogen and oxygen atoms in total. The van der Waals surface area contributed by atoms with Gasteiger partial charge in [-0.3, -0.25) is 4.79 Å². The molecule has 0 aliphatic carbocycles. The zero-order valence-electron chi connectivity index (χ0n) is 24.2. The zero-order valence-corrected chi connectivity index (χ0v) is 25.0. The van der Waals surface area contributed by atoms with Gasteiger partial charge >= 0.3 is 24.5 Å². The van der Waals surface area contributed by atoms with E-state index in [2.05, 4.69) is 25.4 Å². The highest BCUT2D eigenvalue weighted by molar-refractivity contribution is 5.94. The molecule has 0 aliphatic rings. The Morgan fingerprint density at radius 3 is 1.60 bits per heavy atom. The van der Waals surface area contributed by atoms with E-state index >= 15 is 0 Å². The van der Waals surface area contributed by atoms with Gasteiger partial charge < -0.3 is 31.2 Å². The van der Waals surface area contributed by atoms with Gasteiger partial charge in [-0.25, -0.2) is 9.59 Å². The fourth-order valence-corrected chi connectivity index (χ4v) is 3.09. The number of amides is 3. The Labute approximate surface area is 248 Å². The second kappa shape index (κ2) is 20.1. The minimum Gasteiger partial charge on any atom is -0.440 e. The van der Waals surface area contributed by atoms with E-state index in [-0.39, 0.29) is 49.3 Å². The SMILES string of the molecule is CC[C@H](C)[C@@H](CN)NC(=O)OCC(F)(F)F.CC[C@H](C)[C@@H](CNC(=O)c1ccc(C)cc1)NC(=O)OCC(F)(F)F.Cl. The van der Waals surface area contributed by atoms with E-state index < -0.39 is 43.8 Å². The lowest BCUT2D eigenvalue weighted by atomic mass is 9.99. The van der Waals surface area contributed by atoms with E-state index in [4.69, 9.17) is 5.73 Å². The largest absolute Gasteiger partial charge is 0.440 e. The van der Waals surface area contributed by atoms with Crippen molar-refractivity contribution in [3.05, 3.63) is 35.4 Å². The zero-order chi connectivity index (χ0) is 31.8. The summed E-state index contributed by atoms with van der Waals surface area (Å²) in [6, 6.07) is 6.04. The Bertz CT molecular complexity index is 935. The van der Waals surface area contributed by atoms with Crippen LogP contribution in [-0.4, -0.2) is 68.8 Å². The number of nitrogens with one attached hydrogen (secondary N) is 3. The molecule has 1 rings (SSSR count). The lowest BCUT2D eigenvalue weighted by molar-refractivity contribution is -0.160. The third-order valence-corrected chi connectivity index (χ3v) is 6.05. The number of nitrogens with two attached hydrogens (primary N) is 1. The first kappa shape index (κ1) is 41.2. The standard InChI is InChI=1S/C17H23F3N2O3.C9H17F3N2O2.ClH/c1-4-12(3)14(22-16(24)25-10-17(18,19)20)9-21-15(23)13-7-5-11(2)6-8-13;1-3-6(2)7(4-13)14-8(15)16-5-9(10,11)12;/h5-8,12,14H,4,9-10H2,1-3H3,(H,21,23)(H,22,24);6-7H,3-5,13H2,1-2H3,(H,14,15);1H/t12-,14+;6-,7+;/m00./s1. The highest BCUT2D eigenvalue weighted by Crippen LogP contribution is 2.16. The van der Waals surface area contributed by atoms with Crippen LogP contribution in [0.3, 0.4) is 0 Å². The topological polar surface area (TPSA) is 132 Å². The van der Waals surface area contributed by atoms with Crippen LogP contribution in [0.5, 0.6) is 0 Å². The predicted octanol–water partition coefficient (Wildman–Crippen LogP) is 5.50. The van der Waals surface area contributed by atoms with Gasteiger partial charge in [0, 0.05) is 24.7 Å². The van der Waals surface area contributed by atoms with E-state index in [9.17, 15) is 40.7 Å².